The van der Waals surface area contributed by atoms with E-state index in [2.05, 4.69) is 55.4 Å². The molecular formula is C76H148O17P2. The summed E-state index contributed by atoms with van der Waals surface area (Å²) in [7, 11) is -9.91. The van der Waals surface area contributed by atoms with Gasteiger partial charge in [-0.3, -0.25) is 37.3 Å². The Balaban J connectivity index is 5.17. The van der Waals surface area contributed by atoms with Crippen molar-refractivity contribution in [2.24, 2.45) is 23.7 Å². The van der Waals surface area contributed by atoms with Crippen LogP contribution in [0, 0.1) is 23.7 Å². The van der Waals surface area contributed by atoms with Gasteiger partial charge in [-0.05, 0) is 49.4 Å². The highest BCUT2D eigenvalue weighted by molar-refractivity contribution is 7.47. The molecule has 0 aliphatic rings. The zero-order chi connectivity index (χ0) is 70.3. The van der Waals surface area contributed by atoms with Gasteiger partial charge in [0.05, 0.1) is 26.4 Å². The first kappa shape index (κ1) is 93.1. The number of phosphoric ester groups is 2. The Hall–Kier alpha value is -1.94. The van der Waals surface area contributed by atoms with E-state index < -0.39 is 97.5 Å². The van der Waals surface area contributed by atoms with E-state index >= 15 is 0 Å². The quantitative estimate of drug-likeness (QED) is 0.0222. The van der Waals surface area contributed by atoms with Crippen molar-refractivity contribution in [2.45, 2.75) is 401 Å². The van der Waals surface area contributed by atoms with Gasteiger partial charge in [0.1, 0.15) is 19.3 Å². The molecule has 0 heterocycles. The fourth-order valence-electron chi connectivity index (χ4n) is 11.6. The van der Waals surface area contributed by atoms with Gasteiger partial charge in [0.15, 0.2) is 12.2 Å². The lowest BCUT2D eigenvalue weighted by Gasteiger charge is -2.21. The Kier molecular flexibility index (Phi) is 64.0. The Bertz CT molecular complexity index is 1870. The third-order valence-corrected chi connectivity index (χ3v) is 19.5. The number of rotatable bonds is 73. The number of hydrogen-bond acceptors (Lipinski definition) is 15. The first-order chi connectivity index (χ1) is 45.6. The van der Waals surface area contributed by atoms with Crippen molar-refractivity contribution >= 4 is 39.5 Å². The predicted octanol–water partition coefficient (Wildman–Crippen LogP) is 22.0. The Morgan fingerprint density at radius 2 is 0.442 bits per heavy atom. The molecule has 3 unspecified atom stereocenters. The van der Waals surface area contributed by atoms with Crippen LogP contribution >= 0.6 is 15.6 Å². The van der Waals surface area contributed by atoms with Crippen LogP contribution in [0.4, 0.5) is 0 Å². The topological polar surface area (TPSA) is 237 Å². The van der Waals surface area contributed by atoms with E-state index in [0.717, 1.165) is 114 Å². The molecule has 0 spiro atoms. The van der Waals surface area contributed by atoms with E-state index in [1.54, 1.807) is 0 Å². The smallest absolute Gasteiger partial charge is 0.462 e. The predicted molar refractivity (Wildman–Crippen MR) is 386 cm³/mol. The third kappa shape index (κ3) is 70.3. The lowest BCUT2D eigenvalue weighted by Crippen LogP contribution is -2.30. The van der Waals surface area contributed by atoms with Crippen molar-refractivity contribution in [2.75, 3.05) is 39.6 Å². The Morgan fingerprint density at radius 3 is 0.653 bits per heavy atom. The second-order valence-electron chi connectivity index (χ2n) is 29.3. The minimum atomic E-state index is -4.96. The average molecular weight is 1400 g/mol. The molecule has 0 bridgehead atoms. The van der Waals surface area contributed by atoms with E-state index in [4.69, 9.17) is 37.0 Å². The van der Waals surface area contributed by atoms with E-state index in [-0.39, 0.29) is 25.7 Å². The first-order valence-electron chi connectivity index (χ1n) is 39.2. The van der Waals surface area contributed by atoms with Crippen LogP contribution in [-0.4, -0.2) is 96.7 Å². The highest BCUT2D eigenvalue weighted by Gasteiger charge is 2.30. The second kappa shape index (κ2) is 65.4. The monoisotopic (exact) mass is 1400 g/mol. The summed E-state index contributed by atoms with van der Waals surface area (Å²) in [6.45, 7) is 14.1. The minimum absolute atomic E-state index is 0.105. The summed E-state index contributed by atoms with van der Waals surface area (Å²) in [5, 5.41) is 10.6. The molecule has 0 aliphatic carbocycles. The van der Waals surface area contributed by atoms with E-state index in [9.17, 15) is 43.2 Å². The number of esters is 4. The van der Waals surface area contributed by atoms with Gasteiger partial charge in [-0.2, -0.15) is 0 Å². The number of hydrogen-bond donors (Lipinski definition) is 3. The zero-order valence-corrected chi connectivity index (χ0v) is 64.1. The lowest BCUT2D eigenvalue weighted by atomic mass is 10.0. The summed E-state index contributed by atoms with van der Waals surface area (Å²) in [4.78, 5) is 72.7. The number of phosphoric acid groups is 2. The van der Waals surface area contributed by atoms with E-state index in [1.165, 1.54) is 180 Å². The van der Waals surface area contributed by atoms with Crippen LogP contribution < -0.4 is 0 Å². The van der Waals surface area contributed by atoms with Gasteiger partial charge in [-0.15, -0.1) is 0 Å². The molecule has 5 atom stereocenters. The number of carbonyl (C=O) groups is 4. The van der Waals surface area contributed by atoms with Crippen molar-refractivity contribution in [3.63, 3.8) is 0 Å². The van der Waals surface area contributed by atoms with Crippen molar-refractivity contribution in [3.8, 4) is 0 Å². The molecule has 0 amide bonds. The van der Waals surface area contributed by atoms with Gasteiger partial charge in [0.25, 0.3) is 0 Å². The highest BCUT2D eigenvalue weighted by Crippen LogP contribution is 2.45. The number of ether oxygens (including phenoxy) is 4. The molecule has 0 radical (unpaired) electrons. The summed E-state index contributed by atoms with van der Waals surface area (Å²) in [5.41, 5.74) is 0. The fraction of sp³-hybridized carbons (Fsp3) is 0.947. The van der Waals surface area contributed by atoms with Gasteiger partial charge in [-0.1, -0.05) is 331 Å². The standard InChI is InChI=1S/C76H148O17P2/c1-66(2)52-44-36-28-22-18-15-13-11-9-10-12-14-16-20-24-32-42-50-58-75(80)93-72(63-87-74(79)57-49-41-35-34-39-47-55-69(7)8)65-91-95(84,85)89-61-70(77)60-88-94(82,83)90-64-71(62-86-73(78)56-48-40-31-27-26-30-38-46-54-68(5)6)92-76(81)59-51-43-33-25-21-17-19-23-29-37-45-53-67(3)4/h66-72,77H,9-65H2,1-8H3,(H,82,83)(H,84,85)/t70?,71-,72-/m1/s1. The molecule has 0 saturated heterocycles. The van der Waals surface area contributed by atoms with Gasteiger partial charge < -0.3 is 33.8 Å². The van der Waals surface area contributed by atoms with Crippen LogP contribution in [0.2, 0.25) is 0 Å². The molecule has 0 fully saturated rings. The third-order valence-electron chi connectivity index (χ3n) is 17.6. The molecule has 564 valence electrons. The highest BCUT2D eigenvalue weighted by atomic mass is 31.2. The minimum Gasteiger partial charge on any atom is -0.462 e. The summed E-state index contributed by atoms with van der Waals surface area (Å²) < 4.78 is 68.4. The van der Waals surface area contributed by atoms with Crippen molar-refractivity contribution in [3.05, 3.63) is 0 Å². The molecule has 19 heteroatoms. The van der Waals surface area contributed by atoms with Gasteiger partial charge >= 0.3 is 39.5 Å². The molecular weight excluding hydrogens is 1250 g/mol. The number of unbranched alkanes of at least 4 members (excludes halogenated alkanes) is 39. The molecule has 95 heavy (non-hydrogen) atoms. The van der Waals surface area contributed by atoms with Crippen molar-refractivity contribution in [1.29, 1.82) is 0 Å². The number of carbonyl (C=O) groups excluding carboxylic acids is 4. The molecule has 3 N–H and O–H groups in total. The summed E-state index contributed by atoms with van der Waals surface area (Å²) in [6, 6.07) is 0. The fourth-order valence-corrected chi connectivity index (χ4v) is 13.1. The number of aliphatic hydroxyl groups is 1. The summed E-state index contributed by atoms with van der Waals surface area (Å²) >= 11 is 0. The van der Waals surface area contributed by atoms with Gasteiger partial charge in [-0.25, -0.2) is 9.13 Å². The van der Waals surface area contributed by atoms with Crippen LogP contribution in [0.5, 0.6) is 0 Å². The van der Waals surface area contributed by atoms with Crippen molar-refractivity contribution < 1.29 is 80.2 Å². The van der Waals surface area contributed by atoms with Gasteiger partial charge in [0.2, 0.25) is 0 Å². The SMILES string of the molecule is CC(C)CCCCCCCCCCCCCCCCCCCCC(=O)O[C@H](COC(=O)CCCCCCCCC(C)C)COP(=O)(O)OCC(O)COP(=O)(O)OC[C@@H](COC(=O)CCCCCCCCCCC(C)C)OC(=O)CCCCCCCCCCCCCC(C)C. The average Bonchev–Trinajstić information content (AvgIpc) is 2.14. The summed E-state index contributed by atoms with van der Waals surface area (Å²) in [5.74, 6) is 0.867. The van der Waals surface area contributed by atoms with Crippen molar-refractivity contribution in [1.82, 2.24) is 0 Å². The van der Waals surface area contributed by atoms with E-state index in [0.29, 0.717) is 31.6 Å². The van der Waals surface area contributed by atoms with E-state index in [1.807, 2.05) is 0 Å². The molecule has 0 saturated carbocycles. The van der Waals surface area contributed by atoms with Crippen LogP contribution in [0.1, 0.15) is 383 Å². The second-order valence-corrected chi connectivity index (χ2v) is 32.2. The maximum Gasteiger partial charge on any atom is 0.472 e. The summed E-state index contributed by atoms with van der Waals surface area (Å²) in [6.07, 6.45) is 50.3. The first-order valence-corrected chi connectivity index (χ1v) is 42.2. The largest absolute Gasteiger partial charge is 0.472 e. The Labute approximate surface area is 581 Å². The lowest BCUT2D eigenvalue weighted by molar-refractivity contribution is -0.161. The molecule has 0 aromatic rings. The molecule has 17 nitrogen and oxygen atoms in total. The van der Waals surface area contributed by atoms with Crippen LogP contribution in [-0.2, 0) is 65.4 Å². The normalized spacial score (nSPS) is 14.1. The van der Waals surface area contributed by atoms with Gasteiger partial charge in [0, 0.05) is 25.7 Å². The molecule has 0 aromatic heterocycles. The number of aliphatic hydroxyl groups excluding tert-OH is 1. The van der Waals surface area contributed by atoms with Crippen LogP contribution in [0.25, 0.3) is 0 Å². The molecule has 0 aromatic carbocycles. The maximum absolute atomic E-state index is 13.1. The molecule has 0 rings (SSSR count). The van der Waals surface area contributed by atoms with Crippen LogP contribution in [0.3, 0.4) is 0 Å². The maximum atomic E-state index is 13.1. The zero-order valence-electron chi connectivity index (χ0n) is 62.3. The molecule has 0 aliphatic heterocycles. The Morgan fingerprint density at radius 1 is 0.263 bits per heavy atom. The van der Waals surface area contributed by atoms with Crippen LogP contribution in [0.15, 0.2) is 0 Å².